The number of halogens is 1. The Balaban J connectivity index is 1.60. The maximum Gasteiger partial charge on any atom is 0.285 e. The van der Waals surface area contributed by atoms with E-state index in [0.717, 1.165) is 27.6 Å². The maximum atomic E-state index is 12.9. The van der Waals surface area contributed by atoms with Gasteiger partial charge in [-0.15, -0.1) is 11.3 Å². The summed E-state index contributed by atoms with van der Waals surface area (Å²) in [6.45, 7) is 4.00. The van der Waals surface area contributed by atoms with Crippen molar-refractivity contribution in [2.24, 2.45) is 0 Å². The minimum Gasteiger partial charge on any atom is -0.318 e. The Morgan fingerprint density at radius 2 is 1.93 bits per heavy atom. The lowest BCUT2D eigenvalue weighted by molar-refractivity contribution is -0.123. The molecule has 3 heterocycles. The van der Waals surface area contributed by atoms with Gasteiger partial charge >= 0.3 is 0 Å². The summed E-state index contributed by atoms with van der Waals surface area (Å²) >= 11 is 13.8. The number of hydrazine groups is 1. The van der Waals surface area contributed by atoms with Crippen molar-refractivity contribution in [3.63, 3.8) is 0 Å². The Hall–Kier alpha value is -2.39. The second-order valence-electron chi connectivity index (χ2n) is 6.57. The first-order valence-corrected chi connectivity index (χ1v) is 11.4. The van der Waals surface area contributed by atoms with E-state index in [-0.39, 0.29) is 11.8 Å². The molecular weight excluding hydrogens is 458 g/mol. The molecule has 2 amide bonds. The largest absolute Gasteiger partial charge is 0.318 e. The van der Waals surface area contributed by atoms with Gasteiger partial charge in [0.25, 0.3) is 11.8 Å². The fourth-order valence-electron chi connectivity index (χ4n) is 3.19. The van der Waals surface area contributed by atoms with Gasteiger partial charge in [-0.05, 0) is 79.5 Å². The van der Waals surface area contributed by atoms with Crippen molar-refractivity contribution >= 4 is 69.1 Å². The molecule has 1 aromatic carbocycles. The number of amides is 2. The SMILES string of the molecule is Cc1cc(/C=C2/SC(=S)N(NC(=O)c3cccs3)C2=O)c(C)n1-c1ccc(Cl)cc1. The van der Waals surface area contributed by atoms with E-state index in [2.05, 4.69) is 9.99 Å². The van der Waals surface area contributed by atoms with Gasteiger partial charge in [-0.3, -0.25) is 15.0 Å². The van der Waals surface area contributed by atoms with Crippen LogP contribution in [0.3, 0.4) is 0 Å². The number of thioether (sulfide) groups is 1. The molecule has 0 atom stereocenters. The fraction of sp³-hybridized carbons (Fsp3) is 0.0952. The first-order valence-electron chi connectivity index (χ1n) is 8.92. The average Bonchev–Trinajstić information content (AvgIpc) is 3.40. The minimum absolute atomic E-state index is 0.294. The molecule has 1 saturated heterocycles. The molecule has 0 unspecified atom stereocenters. The van der Waals surface area contributed by atoms with E-state index in [9.17, 15) is 9.59 Å². The molecule has 1 aliphatic rings. The van der Waals surface area contributed by atoms with Gasteiger partial charge < -0.3 is 4.57 Å². The first-order chi connectivity index (χ1) is 14.3. The first kappa shape index (κ1) is 20.9. The number of rotatable bonds is 4. The molecule has 0 bridgehead atoms. The van der Waals surface area contributed by atoms with Gasteiger partial charge in [0, 0.05) is 22.1 Å². The molecule has 1 N–H and O–H groups in total. The third kappa shape index (κ3) is 3.96. The number of carbonyl (C=O) groups is 2. The molecule has 4 rings (SSSR count). The van der Waals surface area contributed by atoms with Gasteiger partial charge in [0.05, 0.1) is 9.78 Å². The highest BCUT2D eigenvalue weighted by Gasteiger charge is 2.34. The second-order valence-corrected chi connectivity index (χ2v) is 9.63. The van der Waals surface area contributed by atoms with E-state index in [0.29, 0.717) is 19.1 Å². The smallest absolute Gasteiger partial charge is 0.285 e. The molecule has 9 heteroatoms. The van der Waals surface area contributed by atoms with Crippen molar-refractivity contribution in [2.75, 3.05) is 0 Å². The Morgan fingerprint density at radius 3 is 2.60 bits per heavy atom. The summed E-state index contributed by atoms with van der Waals surface area (Å²) < 4.78 is 2.39. The molecule has 5 nitrogen and oxygen atoms in total. The van der Waals surface area contributed by atoms with Crippen molar-refractivity contribution in [2.45, 2.75) is 13.8 Å². The van der Waals surface area contributed by atoms with Crippen LogP contribution in [0.2, 0.25) is 5.02 Å². The molecule has 0 saturated carbocycles. The molecule has 30 heavy (non-hydrogen) atoms. The number of hydrogen-bond donors (Lipinski definition) is 1. The summed E-state index contributed by atoms with van der Waals surface area (Å²) in [5.74, 6) is -0.699. The van der Waals surface area contributed by atoms with Gasteiger partial charge in [-0.1, -0.05) is 29.4 Å². The summed E-state index contributed by atoms with van der Waals surface area (Å²) in [6, 6.07) is 13.1. The summed E-state index contributed by atoms with van der Waals surface area (Å²) in [7, 11) is 0. The van der Waals surface area contributed by atoms with Crippen LogP contribution in [-0.2, 0) is 4.79 Å². The molecule has 0 radical (unpaired) electrons. The van der Waals surface area contributed by atoms with E-state index in [1.54, 1.807) is 17.5 Å². The van der Waals surface area contributed by atoms with Gasteiger partial charge in [-0.25, -0.2) is 0 Å². The van der Waals surface area contributed by atoms with Gasteiger partial charge in [-0.2, -0.15) is 5.01 Å². The standard InChI is InChI=1S/C21H16ClN3O2S3/c1-12-10-14(13(2)24(12)16-7-5-15(22)6-8-16)11-18-20(27)25(21(28)30-18)23-19(26)17-4-3-9-29-17/h3-11H,1-2H3,(H,23,26)/b18-11+. The summed E-state index contributed by atoms with van der Waals surface area (Å²) in [5, 5.41) is 3.61. The van der Waals surface area contributed by atoms with E-state index < -0.39 is 0 Å². The third-order valence-corrected chi connectivity index (χ3v) is 7.02. The van der Waals surface area contributed by atoms with E-state index >= 15 is 0 Å². The third-order valence-electron chi connectivity index (χ3n) is 4.59. The molecule has 152 valence electrons. The maximum absolute atomic E-state index is 12.9. The van der Waals surface area contributed by atoms with Gasteiger partial charge in [0.2, 0.25) is 0 Å². The van der Waals surface area contributed by atoms with Crippen molar-refractivity contribution in [1.82, 2.24) is 15.0 Å². The van der Waals surface area contributed by atoms with Crippen molar-refractivity contribution < 1.29 is 9.59 Å². The van der Waals surface area contributed by atoms with Gasteiger partial charge in [0.15, 0.2) is 4.32 Å². The minimum atomic E-state index is -0.358. The number of nitrogens with zero attached hydrogens (tertiary/aromatic N) is 2. The van der Waals surface area contributed by atoms with Crippen molar-refractivity contribution in [3.05, 3.63) is 79.6 Å². The predicted octanol–water partition coefficient (Wildman–Crippen LogP) is 5.36. The second kappa shape index (κ2) is 8.39. The number of thiophene rings is 1. The Morgan fingerprint density at radius 1 is 1.20 bits per heavy atom. The van der Waals surface area contributed by atoms with Crippen LogP contribution in [0.25, 0.3) is 11.8 Å². The molecule has 1 fully saturated rings. The zero-order chi connectivity index (χ0) is 21.4. The zero-order valence-electron chi connectivity index (χ0n) is 16.0. The number of aryl methyl sites for hydroxylation is 1. The number of hydrogen-bond acceptors (Lipinski definition) is 5. The Bertz CT molecular complexity index is 1180. The van der Waals surface area contributed by atoms with Crippen molar-refractivity contribution in [1.29, 1.82) is 0 Å². The zero-order valence-corrected chi connectivity index (χ0v) is 19.2. The van der Waals surface area contributed by atoms with E-state index in [4.69, 9.17) is 23.8 Å². The van der Waals surface area contributed by atoms with Crippen molar-refractivity contribution in [3.8, 4) is 5.69 Å². The monoisotopic (exact) mass is 473 g/mol. The van der Waals surface area contributed by atoms with E-state index in [1.807, 2.05) is 50.3 Å². The molecule has 1 aliphatic heterocycles. The van der Waals surface area contributed by atoms with Crippen LogP contribution in [0.4, 0.5) is 0 Å². The lowest BCUT2D eigenvalue weighted by Gasteiger charge is -2.14. The lowest BCUT2D eigenvalue weighted by Crippen LogP contribution is -2.44. The van der Waals surface area contributed by atoms with Crippen LogP contribution in [0.15, 0.2) is 52.7 Å². The number of carbonyl (C=O) groups excluding carboxylic acids is 2. The number of benzene rings is 1. The van der Waals surface area contributed by atoms with Crippen LogP contribution in [0.5, 0.6) is 0 Å². The molecule has 2 aromatic heterocycles. The fourth-order valence-corrected chi connectivity index (χ4v) is 5.10. The molecular formula is C21H16ClN3O2S3. The van der Waals surface area contributed by atoms with Gasteiger partial charge in [0.1, 0.15) is 0 Å². The highest BCUT2D eigenvalue weighted by molar-refractivity contribution is 8.26. The van der Waals surface area contributed by atoms with E-state index in [1.165, 1.54) is 23.1 Å². The Labute approximate surface area is 192 Å². The molecule has 0 aliphatic carbocycles. The summed E-state index contributed by atoms with van der Waals surface area (Å²) in [5.41, 5.74) is 6.51. The number of nitrogens with one attached hydrogen (secondary N) is 1. The predicted molar refractivity (Wildman–Crippen MR) is 127 cm³/mol. The number of aromatic nitrogens is 1. The lowest BCUT2D eigenvalue weighted by atomic mass is 10.2. The molecule has 0 spiro atoms. The highest BCUT2D eigenvalue weighted by atomic mass is 35.5. The normalized spacial score (nSPS) is 15.3. The average molecular weight is 474 g/mol. The topological polar surface area (TPSA) is 54.3 Å². The summed E-state index contributed by atoms with van der Waals surface area (Å²) in [4.78, 5) is 26.1. The van der Waals surface area contributed by atoms with Crippen LogP contribution >= 0.6 is 46.9 Å². The quantitative estimate of drug-likeness (QED) is 0.409. The Kier molecular flexibility index (Phi) is 5.84. The van der Waals surface area contributed by atoms with Crippen LogP contribution in [0, 0.1) is 13.8 Å². The summed E-state index contributed by atoms with van der Waals surface area (Å²) in [6.07, 6.45) is 1.81. The number of thiocarbonyl (C=S) groups is 1. The molecule has 3 aromatic rings. The van der Waals surface area contributed by atoms with Crippen LogP contribution in [-0.4, -0.2) is 25.7 Å². The van der Waals surface area contributed by atoms with Crippen LogP contribution < -0.4 is 5.43 Å². The highest BCUT2D eigenvalue weighted by Crippen LogP contribution is 2.33. The van der Waals surface area contributed by atoms with Crippen LogP contribution in [0.1, 0.15) is 26.6 Å².